The van der Waals surface area contributed by atoms with Crippen molar-refractivity contribution in [2.45, 2.75) is 32.1 Å². The summed E-state index contributed by atoms with van der Waals surface area (Å²) < 4.78 is 10.5. The molecule has 0 aliphatic carbocycles. The van der Waals surface area contributed by atoms with Crippen molar-refractivity contribution in [3.05, 3.63) is 54.1 Å². The second-order valence-electron chi connectivity index (χ2n) is 8.59. The summed E-state index contributed by atoms with van der Waals surface area (Å²) in [7, 11) is 0.178. The molecule has 2 N–H and O–H groups in total. The highest BCUT2D eigenvalue weighted by Gasteiger charge is 2.29. The van der Waals surface area contributed by atoms with Crippen molar-refractivity contribution in [3.8, 4) is 5.75 Å². The Labute approximate surface area is 179 Å². The third-order valence-corrected chi connectivity index (χ3v) is 7.38. The summed E-state index contributed by atoms with van der Waals surface area (Å²) >= 11 is 0. The number of ether oxygens (including phenoxy) is 2. The van der Waals surface area contributed by atoms with E-state index < -0.39 is 14.1 Å². The van der Waals surface area contributed by atoms with Gasteiger partial charge in [-0.05, 0) is 36.2 Å². The van der Waals surface area contributed by atoms with Gasteiger partial charge >= 0.3 is 0 Å². The van der Waals surface area contributed by atoms with Crippen LogP contribution < -0.4 is 20.6 Å². The Kier molecular flexibility index (Phi) is 6.94. The molecule has 1 aliphatic rings. The van der Waals surface area contributed by atoms with Gasteiger partial charge in [0.25, 0.3) is 5.91 Å². The highest BCUT2D eigenvalue weighted by atomic mass is 28.3. The lowest BCUT2D eigenvalue weighted by Gasteiger charge is -2.21. The van der Waals surface area contributed by atoms with Gasteiger partial charge in [-0.25, -0.2) is 0 Å². The van der Waals surface area contributed by atoms with Gasteiger partial charge in [-0.2, -0.15) is 0 Å². The molecule has 2 amide bonds. The maximum atomic E-state index is 13.1. The number of rotatable bonds is 7. The summed E-state index contributed by atoms with van der Waals surface area (Å²) in [6.07, 6.45) is 0.668. The molecule has 2 unspecified atom stereocenters. The molecular formula is C23H30N2O4Si. The summed E-state index contributed by atoms with van der Waals surface area (Å²) in [5.74, 6) is 0.00988. The van der Waals surface area contributed by atoms with Crippen molar-refractivity contribution in [2.24, 2.45) is 5.92 Å². The molecule has 0 bridgehead atoms. The molecule has 6 nitrogen and oxygen atoms in total. The number of anilines is 1. The van der Waals surface area contributed by atoms with E-state index in [1.54, 1.807) is 31.4 Å². The van der Waals surface area contributed by atoms with Gasteiger partial charge in [0.05, 0.1) is 27.7 Å². The molecule has 1 heterocycles. The number of carbonyl (C=O) groups is 2. The Bertz CT molecular complexity index is 870. The summed E-state index contributed by atoms with van der Waals surface area (Å²) in [6.45, 7) is 7.80. The monoisotopic (exact) mass is 426 g/mol. The van der Waals surface area contributed by atoms with E-state index in [0.29, 0.717) is 36.6 Å². The van der Waals surface area contributed by atoms with E-state index in [0.717, 1.165) is 0 Å². The average Bonchev–Trinajstić information content (AvgIpc) is 3.27. The summed E-state index contributed by atoms with van der Waals surface area (Å²) in [4.78, 5) is 25.8. The second kappa shape index (κ2) is 9.45. The highest BCUT2D eigenvalue weighted by Crippen LogP contribution is 2.22. The van der Waals surface area contributed by atoms with Crippen LogP contribution in [0, 0.1) is 5.92 Å². The number of carbonyl (C=O) groups excluding carboxylic acids is 2. The first-order valence-corrected chi connectivity index (χ1v) is 13.7. The van der Waals surface area contributed by atoms with Crippen LogP contribution in [0.5, 0.6) is 5.75 Å². The maximum absolute atomic E-state index is 13.1. The molecule has 0 aromatic heterocycles. The minimum atomic E-state index is -1.41. The van der Waals surface area contributed by atoms with Crippen molar-refractivity contribution >= 4 is 30.8 Å². The Hall–Kier alpha value is -2.64. The predicted molar refractivity (Wildman–Crippen MR) is 121 cm³/mol. The number of hydrogen-bond donors (Lipinski definition) is 2. The van der Waals surface area contributed by atoms with Crippen molar-refractivity contribution in [2.75, 3.05) is 25.6 Å². The zero-order chi connectivity index (χ0) is 21.7. The highest BCUT2D eigenvalue weighted by molar-refractivity contribution is 6.88. The van der Waals surface area contributed by atoms with Gasteiger partial charge in [-0.1, -0.05) is 49.1 Å². The molecule has 7 heteroatoms. The summed E-state index contributed by atoms with van der Waals surface area (Å²) in [5, 5.41) is 7.17. The van der Waals surface area contributed by atoms with Gasteiger partial charge in [0.2, 0.25) is 5.91 Å². The number of hydrogen-bond acceptors (Lipinski definition) is 4. The molecule has 30 heavy (non-hydrogen) atoms. The first kappa shape index (κ1) is 22.1. The zero-order valence-electron chi connectivity index (χ0n) is 18.0. The minimum Gasteiger partial charge on any atom is -0.497 e. The predicted octanol–water partition coefficient (Wildman–Crippen LogP) is 3.07. The number of benzene rings is 2. The quantitative estimate of drug-likeness (QED) is 0.667. The van der Waals surface area contributed by atoms with E-state index >= 15 is 0 Å². The Balaban J connectivity index is 1.78. The first-order chi connectivity index (χ1) is 14.3. The lowest BCUT2D eigenvalue weighted by Crippen LogP contribution is -2.40. The molecule has 0 spiro atoms. The molecule has 2 aromatic carbocycles. The van der Waals surface area contributed by atoms with Crippen LogP contribution in [0.3, 0.4) is 0 Å². The molecule has 3 rings (SSSR count). The van der Waals surface area contributed by atoms with E-state index in [1.165, 1.54) is 5.19 Å². The standard InChI is InChI=1S/C23H30N2O4Si/c1-28-19-9-5-16(6-10-19)21(25-22(26)17-13-14-29-15-17)23(27)24-18-7-11-20(12-8-18)30(2,3)4/h5-12,17,21H,13-15H2,1-4H3,(H,24,27)(H,25,26). The number of amides is 2. The van der Waals surface area contributed by atoms with Crippen LogP contribution in [-0.4, -0.2) is 40.2 Å². The smallest absolute Gasteiger partial charge is 0.251 e. The lowest BCUT2D eigenvalue weighted by molar-refractivity contribution is -0.129. The second-order valence-corrected chi connectivity index (χ2v) is 13.7. The topological polar surface area (TPSA) is 76.7 Å². The molecule has 2 aromatic rings. The third-order valence-electron chi connectivity index (χ3n) is 5.32. The molecular weight excluding hydrogens is 396 g/mol. The van der Waals surface area contributed by atoms with Crippen LogP contribution in [0.15, 0.2) is 48.5 Å². The molecule has 0 saturated carbocycles. The number of nitrogens with one attached hydrogen (secondary N) is 2. The van der Waals surface area contributed by atoms with Gasteiger partial charge in [-0.3, -0.25) is 9.59 Å². The molecule has 1 saturated heterocycles. The fourth-order valence-electron chi connectivity index (χ4n) is 3.37. The largest absolute Gasteiger partial charge is 0.497 e. The Morgan fingerprint density at radius 2 is 1.73 bits per heavy atom. The van der Waals surface area contributed by atoms with Crippen LogP contribution in [0.2, 0.25) is 19.6 Å². The zero-order valence-corrected chi connectivity index (χ0v) is 19.0. The van der Waals surface area contributed by atoms with Crippen LogP contribution >= 0.6 is 0 Å². The Morgan fingerprint density at radius 1 is 1.07 bits per heavy atom. The van der Waals surface area contributed by atoms with Crippen LogP contribution in [0.25, 0.3) is 0 Å². The van der Waals surface area contributed by atoms with E-state index in [2.05, 4.69) is 42.4 Å². The molecule has 0 radical (unpaired) electrons. The number of methoxy groups -OCH3 is 1. The molecule has 2 atom stereocenters. The SMILES string of the molecule is COc1ccc(C(NC(=O)C2CCOC2)C(=O)Nc2ccc([Si](C)(C)C)cc2)cc1. The fourth-order valence-corrected chi connectivity index (χ4v) is 4.53. The normalized spacial score (nSPS) is 17.3. The van der Waals surface area contributed by atoms with Crippen molar-refractivity contribution < 1.29 is 19.1 Å². The third kappa shape index (κ3) is 5.49. The van der Waals surface area contributed by atoms with Gasteiger partial charge in [0.1, 0.15) is 11.8 Å². The fraction of sp³-hybridized carbons (Fsp3) is 0.391. The van der Waals surface area contributed by atoms with Gasteiger partial charge in [0, 0.05) is 12.3 Å². The van der Waals surface area contributed by atoms with E-state index in [4.69, 9.17) is 9.47 Å². The van der Waals surface area contributed by atoms with Gasteiger partial charge in [0.15, 0.2) is 0 Å². The summed E-state index contributed by atoms with van der Waals surface area (Å²) in [5.41, 5.74) is 1.40. The van der Waals surface area contributed by atoms with Crippen molar-refractivity contribution in [3.63, 3.8) is 0 Å². The van der Waals surface area contributed by atoms with Crippen LogP contribution in [0.1, 0.15) is 18.0 Å². The molecule has 160 valence electrons. The van der Waals surface area contributed by atoms with Crippen LogP contribution in [0.4, 0.5) is 5.69 Å². The van der Waals surface area contributed by atoms with Gasteiger partial charge < -0.3 is 20.1 Å². The van der Waals surface area contributed by atoms with Gasteiger partial charge in [-0.15, -0.1) is 0 Å². The van der Waals surface area contributed by atoms with E-state index in [-0.39, 0.29) is 17.7 Å². The summed E-state index contributed by atoms with van der Waals surface area (Å²) in [6, 6.07) is 14.3. The minimum absolute atomic E-state index is 0.169. The van der Waals surface area contributed by atoms with E-state index in [9.17, 15) is 9.59 Å². The van der Waals surface area contributed by atoms with Crippen LogP contribution in [-0.2, 0) is 14.3 Å². The van der Waals surface area contributed by atoms with Crippen molar-refractivity contribution in [1.29, 1.82) is 0 Å². The lowest BCUT2D eigenvalue weighted by atomic mass is 10.0. The molecule has 1 fully saturated rings. The Morgan fingerprint density at radius 3 is 2.27 bits per heavy atom. The first-order valence-electron chi connectivity index (χ1n) is 10.2. The van der Waals surface area contributed by atoms with Crippen molar-refractivity contribution in [1.82, 2.24) is 5.32 Å². The average molecular weight is 427 g/mol. The van der Waals surface area contributed by atoms with E-state index in [1.807, 2.05) is 12.1 Å². The maximum Gasteiger partial charge on any atom is 0.251 e. The molecule has 1 aliphatic heterocycles.